The minimum Gasteiger partial charge on any atom is -0.282 e. The third kappa shape index (κ3) is 7.03. The van der Waals surface area contributed by atoms with Gasteiger partial charge in [0.15, 0.2) is 0 Å². The van der Waals surface area contributed by atoms with Gasteiger partial charge in [0.25, 0.3) is 20.2 Å². The van der Waals surface area contributed by atoms with E-state index >= 15 is 0 Å². The minimum absolute atomic E-state index is 0. The van der Waals surface area contributed by atoms with Crippen LogP contribution in [0.3, 0.4) is 0 Å². The Bertz CT molecular complexity index is 836. The molecule has 0 aliphatic heterocycles. The molecule has 0 amide bonds. The number of rotatable bonds is 2. The van der Waals surface area contributed by atoms with E-state index in [1.807, 2.05) is 0 Å². The van der Waals surface area contributed by atoms with Gasteiger partial charge in [0.2, 0.25) is 0 Å². The third-order valence-electron chi connectivity index (χ3n) is 2.38. The summed E-state index contributed by atoms with van der Waals surface area (Å²) in [5, 5.41) is 0.452. The Labute approximate surface area is 217 Å². The fraction of sp³-hybridized carbons (Fsp3) is 0. The molecule has 0 aromatic heterocycles. The Morgan fingerprint density at radius 2 is 1.18 bits per heavy atom. The summed E-state index contributed by atoms with van der Waals surface area (Å²) in [6.45, 7) is 0. The van der Waals surface area contributed by atoms with Crippen molar-refractivity contribution >= 4 is 149 Å². The number of benzene rings is 2. The summed E-state index contributed by atoms with van der Waals surface area (Å²) in [4.78, 5) is -1.66. The van der Waals surface area contributed by atoms with Crippen LogP contribution in [0.2, 0.25) is 0 Å². The SMILES string of the molecule is O=S(=O)(O)c1ccc2ccccc2c1S(=O)(=O)O.[Na].[Na].[Na].[Na]. The number of hydrogen-bond acceptors (Lipinski definition) is 4. The Morgan fingerprint density at radius 3 is 1.64 bits per heavy atom. The molecule has 2 aromatic rings. The van der Waals surface area contributed by atoms with Gasteiger partial charge >= 0.3 is 0 Å². The van der Waals surface area contributed by atoms with Crippen LogP contribution in [0.1, 0.15) is 0 Å². The Kier molecular flexibility index (Phi) is 15.0. The van der Waals surface area contributed by atoms with E-state index in [9.17, 15) is 16.8 Å². The second kappa shape index (κ2) is 11.3. The summed E-state index contributed by atoms with van der Waals surface area (Å²) in [5.74, 6) is 0. The second-order valence-electron chi connectivity index (χ2n) is 3.56. The third-order valence-corrected chi connectivity index (χ3v) is 4.36. The zero-order chi connectivity index (χ0) is 13.6. The van der Waals surface area contributed by atoms with Gasteiger partial charge in [-0.3, -0.25) is 9.11 Å². The van der Waals surface area contributed by atoms with E-state index in [2.05, 4.69) is 0 Å². The van der Waals surface area contributed by atoms with Gasteiger partial charge in [-0.05, 0) is 11.5 Å². The van der Waals surface area contributed by atoms with E-state index in [-0.39, 0.29) is 124 Å². The van der Waals surface area contributed by atoms with E-state index in [4.69, 9.17) is 9.11 Å². The molecule has 0 unspecified atom stereocenters. The van der Waals surface area contributed by atoms with Crippen LogP contribution in [0.25, 0.3) is 10.8 Å². The molecule has 0 saturated heterocycles. The fourth-order valence-electron chi connectivity index (χ4n) is 1.69. The van der Waals surface area contributed by atoms with Crippen LogP contribution in [-0.4, -0.2) is 144 Å². The molecule has 0 spiro atoms. The van der Waals surface area contributed by atoms with Gasteiger partial charge in [0, 0.05) is 124 Å². The fourth-order valence-corrected chi connectivity index (χ4v) is 3.69. The van der Waals surface area contributed by atoms with Gasteiger partial charge in [-0.25, -0.2) is 0 Å². The summed E-state index contributed by atoms with van der Waals surface area (Å²) in [6.07, 6.45) is 0. The first kappa shape index (κ1) is 29.3. The average Bonchev–Trinajstić information content (AvgIpc) is 2.24. The molecule has 0 atom stereocenters. The standard InChI is InChI=1S/C10H8O6S2.4Na/c11-17(12,13)9-6-5-7-3-1-2-4-8(7)10(9)18(14,15)16;;;;/h1-6H,(H,11,12,13)(H,14,15,16);;;;. The number of hydrogen-bond donors (Lipinski definition) is 2. The largest absolute Gasteiger partial charge is 0.296 e. The molecule has 100 valence electrons. The van der Waals surface area contributed by atoms with Crippen molar-refractivity contribution in [2.45, 2.75) is 9.79 Å². The quantitative estimate of drug-likeness (QED) is 0.552. The molecule has 2 rings (SSSR count). The maximum absolute atomic E-state index is 11.3. The van der Waals surface area contributed by atoms with Crippen LogP contribution in [0.15, 0.2) is 46.2 Å². The number of fused-ring (bicyclic) bond motifs is 1. The first-order chi connectivity index (χ1) is 8.21. The van der Waals surface area contributed by atoms with Crippen molar-refractivity contribution in [1.29, 1.82) is 0 Å². The topological polar surface area (TPSA) is 109 Å². The van der Waals surface area contributed by atoms with E-state index in [1.54, 1.807) is 12.1 Å². The van der Waals surface area contributed by atoms with Crippen molar-refractivity contribution < 1.29 is 25.9 Å². The van der Waals surface area contributed by atoms with Gasteiger partial charge in [0.05, 0.1) is 0 Å². The summed E-state index contributed by atoms with van der Waals surface area (Å²) >= 11 is 0. The molecule has 2 aromatic carbocycles. The zero-order valence-electron chi connectivity index (χ0n) is 12.8. The maximum atomic E-state index is 11.3. The van der Waals surface area contributed by atoms with E-state index in [0.717, 1.165) is 6.07 Å². The smallest absolute Gasteiger partial charge is 0.282 e. The van der Waals surface area contributed by atoms with Crippen LogP contribution in [0.4, 0.5) is 0 Å². The van der Waals surface area contributed by atoms with Gasteiger partial charge in [0.1, 0.15) is 9.79 Å². The van der Waals surface area contributed by atoms with Gasteiger partial charge in [-0.15, -0.1) is 0 Å². The minimum atomic E-state index is -4.78. The van der Waals surface area contributed by atoms with Crippen molar-refractivity contribution in [2.75, 3.05) is 0 Å². The van der Waals surface area contributed by atoms with Gasteiger partial charge in [-0.2, -0.15) is 16.8 Å². The molecular weight excluding hydrogens is 372 g/mol. The van der Waals surface area contributed by atoms with Crippen molar-refractivity contribution in [3.05, 3.63) is 36.4 Å². The van der Waals surface area contributed by atoms with Crippen LogP contribution in [0, 0.1) is 0 Å². The van der Waals surface area contributed by atoms with Gasteiger partial charge < -0.3 is 0 Å². The molecule has 0 fully saturated rings. The van der Waals surface area contributed by atoms with E-state index in [0.29, 0.717) is 5.39 Å². The average molecular weight is 380 g/mol. The summed E-state index contributed by atoms with van der Waals surface area (Å²) in [7, 11) is -9.53. The van der Waals surface area contributed by atoms with Crippen molar-refractivity contribution in [2.24, 2.45) is 0 Å². The summed E-state index contributed by atoms with van der Waals surface area (Å²) in [6, 6.07) is 8.28. The molecule has 0 aliphatic rings. The Balaban J connectivity index is -0.000000902. The molecule has 0 aliphatic carbocycles. The predicted octanol–water partition coefficient (Wildman–Crippen LogP) is -0.190. The molecule has 0 heterocycles. The first-order valence-electron chi connectivity index (χ1n) is 4.68. The summed E-state index contributed by atoms with van der Waals surface area (Å²) in [5.41, 5.74) is 0. The van der Waals surface area contributed by atoms with Crippen LogP contribution in [-0.2, 0) is 20.2 Å². The van der Waals surface area contributed by atoms with Crippen LogP contribution < -0.4 is 0 Å². The molecular formula is C10H8Na4O6S2. The maximum Gasteiger partial charge on any atom is 0.296 e. The van der Waals surface area contributed by atoms with E-state index < -0.39 is 30.0 Å². The molecule has 0 bridgehead atoms. The second-order valence-corrected chi connectivity index (χ2v) is 6.31. The first-order valence-corrected chi connectivity index (χ1v) is 7.56. The van der Waals surface area contributed by atoms with Crippen molar-refractivity contribution in [3.8, 4) is 0 Å². The Hall–Kier alpha value is 2.52. The molecule has 22 heavy (non-hydrogen) atoms. The predicted molar refractivity (Wildman–Crippen MR) is 86.6 cm³/mol. The molecule has 6 nitrogen and oxygen atoms in total. The monoisotopic (exact) mass is 380 g/mol. The molecule has 0 saturated carbocycles. The van der Waals surface area contributed by atoms with Gasteiger partial charge in [-0.1, -0.05) is 30.3 Å². The van der Waals surface area contributed by atoms with Crippen LogP contribution >= 0.6 is 0 Å². The van der Waals surface area contributed by atoms with E-state index in [1.165, 1.54) is 18.2 Å². The normalized spacial score (nSPS) is 10.5. The molecule has 4 radical (unpaired) electrons. The van der Waals surface area contributed by atoms with Crippen molar-refractivity contribution in [3.63, 3.8) is 0 Å². The Morgan fingerprint density at radius 1 is 0.682 bits per heavy atom. The molecule has 2 N–H and O–H groups in total. The summed E-state index contributed by atoms with van der Waals surface area (Å²) < 4.78 is 63.0. The van der Waals surface area contributed by atoms with Crippen molar-refractivity contribution in [1.82, 2.24) is 0 Å². The van der Waals surface area contributed by atoms with Crippen LogP contribution in [0.5, 0.6) is 0 Å². The zero-order valence-corrected chi connectivity index (χ0v) is 22.4. The molecule has 12 heteroatoms.